The Bertz CT molecular complexity index is 420. The minimum absolute atomic E-state index is 0.211. The fourth-order valence-electron chi connectivity index (χ4n) is 2.35. The number of nitrogens with zero attached hydrogens (tertiary/aromatic N) is 2. The highest BCUT2D eigenvalue weighted by molar-refractivity contribution is 8.13. The van der Waals surface area contributed by atoms with E-state index in [1.807, 2.05) is 13.8 Å². The lowest BCUT2D eigenvalue weighted by Crippen LogP contribution is -2.43. The minimum atomic E-state index is -0.617. The zero-order valence-electron chi connectivity index (χ0n) is 12.6. The summed E-state index contributed by atoms with van der Waals surface area (Å²) in [5.74, 6) is -0.0239. The summed E-state index contributed by atoms with van der Waals surface area (Å²) in [4.78, 5) is 30.2. The number of rotatable bonds is 5. The summed E-state index contributed by atoms with van der Waals surface area (Å²) < 4.78 is 5.29. The highest BCUT2D eigenvalue weighted by Gasteiger charge is 2.32. The van der Waals surface area contributed by atoms with Crippen molar-refractivity contribution in [3.8, 4) is 0 Å². The highest BCUT2D eigenvalue weighted by atomic mass is 32.2. The van der Waals surface area contributed by atoms with Crippen LogP contribution in [0.2, 0.25) is 0 Å². The number of aliphatic imine (C=N–C) groups is 1. The maximum Gasteiger partial charge on any atom is 0.260 e. The molecule has 1 atom stereocenters. The summed E-state index contributed by atoms with van der Waals surface area (Å²) in [6, 6.07) is 0. The van der Waals surface area contributed by atoms with Gasteiger partial charge < -0.3 is 10.1 Å². The number of amides is 2. The quantitative estimate of drug-likeness (QED) is 0.758. The van der Waals surface area contributed by atoms with Crippen LogP contribution in [-0.2, 0) is 14.3 Å². The normalized spacial score (nSPS) is 24.1. The molecule has 2 aliphatic heterocycles. The van der Waals surface area contributed by atoms with E-state index in [4.69, 9.17) is 4.74 Å². The third-order valence-corrected chi connectivity index (χ3v) is 4.37. The van der Waals surface area contributed by atoms with E-state index in [2.05, 4.69) is 15.2 Å². The summed E-state index contributed by atoms with van der Waals surface area (Å²) in [6.45, 7) is 8.33. The number of ether oxygens (including phenoxy) is 1. The molecule has 0 saturated carbocycles. The van der Waals surface area contributed by atoms with Gasteiger partial charge in [0, 0.05) is 25.4 Å². The number of hydrogen-bond acceptors (Lipinski definition) is 5. The van der Waals surface area contributed by atoms with Crippen LogP contribution >= 0.6 is 11.8 Å². The molecule has 1 saturated heterocycles. The average Bonchev–Trinajstić information content (AvgIpc) is 2.44. The standard InChI is InChI=1S/C14H23N3O3S/c1-10(2)9-11-12(18)15-14(16-13(11)19)21-8-5-17-3-6-20-7-4-17/h10-11H,3-9H2,1-2H3,(H,15,16,18,19). The fourth-order valence-corrected chi connectivity index (χ4v) is 3.22. The van der Waals surface area contributed by atoms with Crippen LogP contribution in [0.15, 0.2) is 4.99 Å². The second kappa shape index (κ2) is 7.91. The van der Waals surface area contributed by atoms with Gasteiger partial charge in [0.25, 0.3) is 5.91 Å². The third-order valence-electron chi connectivity index (χ3n) is 3.51. The molecule has 1 N–H and O–H groups in total. The second-order valence-electron chi connectivity index (χ2n) is 5.73. The number of amidine groups is 1. The Morgan fingerprint density at radius 2 is 2.10 bits per heavy atom. The van der Waals surface area contributed by atoms with Gasteiger partial charge in [-0.25, -0.2) is 0 Å². The van der Waals surface area contributed by atoms with Crippen LogP contribution in [0.3, 0.4) is 0 Å². The Morgan fingerprint density at radius 3 is 2.71 bits per heavy atom. The van der Waals surface area contributed by atoms with E-state index in [0.29, 0.717) is 17.5 Å². The number of carbonyl (C=O) groups excluding carboxylic acids is 2. The van der Waals surface area contributed by atoms with Gasteiger partial charge in [-0.2, -0.15) is 4.99 Å². The predicted octanol–water partition coefficient (Wildman–Crippen LogP) is 0.726. The summed E-state index contributed by atoms with van der Waals surface area (Å²) in [5.41, 5.74) is 0. The van der Waals surface area contributed by atoms with Gasteiger partial charge in [-0.15, -0.1) is 0 Å². The van der Waals surface area contributed by atoms with E-state index in [0.717, 1.165) is 38.6 Å². The molecule has 1 unspecified atom stereocenters. The molecule has 118 valence electrons. The van der Waals surface area contributed by atoms with Gasteiger partial charge in [0.2, 0.25) is 5.91 Å². The van der Waals surface area contributed by atoms with E-state index in [-0.39, 0.29) is 11.8 Å². The van der Waals surface area contributed by atoms with Crippen LogP contribution in [0, 0.1) is 11.8 Å². The second-order valence-corrected chi connectivity index (χ2v) is 6.81. The molecule has 0 aromatic carbocycles. The van der Waals surface area contributed by atoms with E-state index in [9.17, 15) is 9.59 Å². The molecule has 7 heteroatoms. The van der Waals surface area contributed by atoms with E-state index in [1.54, 1.807) is 0 Å². The van der Waals surface area contributed by atoms with Gasteiger partial charge >= 0.3 is 0 Å². The monoisotopic (exact) mass is 313 g/mol. The Kier molecular flexibility index (Phi) is 6.20. The molecule has 21 heavy (non-hydrogen) atoms. The molecule has 0 aromatic rings. The highest BCUT2D eigenvalue weighted by Crippen LogP contribution is 2.18. The Morgan fingerprint density at radius 1 is 1.38 bits per heavy atom. The molecular formula is C14H23N3O3S. The maximum absolute atomic E-state index is 12.0. The Hall–Kier alpha value is -0.920. The lowest BCUT2D eigenvalue weighted by Gasteiger charge is -2.26. The first kappa shape index (κ1) is 16.5. The molecule has 2 rings (SSSR count). The van der Waals surface area contributed by atoms with Crippen LogP contribution in [0.5, 0.6) is 0 Å². The molecule has 1 fully saturated rings. The lowest BCUT2D eigenvalue weighted by molar-refractivity contribution is -0.134. The molecule has 0 aliphatic carbocycles. The Labute approximate surface area is 129 Å². The van der Waals surface area contributed by atoms with Crippen LogP contribution in [-0.4, -0.2) is 60.5 Å². The van der Waals surface area contributed by atoms with Gasteiger partial charge in [-0.05, 0) is 12.3 Å². The minimum Gasteiger partial charge on any atom is -0.379 e. The van der Waals surface area contributed by atoms with Crippen molar-refractivity contribution in [3.05, 3.63) is 0 Å². The fraction of sp³-hybridized carbons (Fsp3) is 0.786. The summed E-state index contributed by atoms with van der Waals surface area (Å²) >= 11 is 1.43. The van der Waals surface area contributed by atoms with Gasteiger partial charge in [-0.1, -0.05) is 25.6 Å². The number of nitrogens with one attached hydrogen (secondary N) is 1. The number of carbonyl (C=O) groups is 2. The van der Waals surface area contributed by atoms with Crippen LogP contribution in [0.1, 0.15) is 20.3 Å². The van der Waals surface area contributed by atoms with Crippen molar-refractivity contribution in [1.82, 2.24) is 10.2 Å². The van der Waals surface area contributed by atoms with Crippen molar-refractivity contribution in [1.29, 1.82) is 0 Å². The van der Waals surface area contributed by atoms with E-state index >= 15 is 0 Å². The average molecular weight is 313 g/mol. The first-order chi connectivity index (χ1) is 10.1. The molecule has 0 bridgehead atoms. The smallest absolute Gasteiger partial charge is 0.260 e. The molecule has 2 heterocycles. The first-order valence-corrected chi connectivity index (χ1v) is 8.41. The van der Waals surface area contributed by atoms with Gasteiger partial charge in [0.05, 0.1) is 13.2 Å². The zero-order chi connectivity index (χ0) is 15.2. The predicted molar refractivity (Wildman–Crippen MR) is 83.2 cm³/mol. The van der Waals surface area contributed by atoms with Gasteiger partial charge in [0.1, 0.15) is 5.92 Å². The van der Waals surface area contributed by atoms with Crippen molar-refractivity contribution in [2.45, 2.75) is 20.3 Å². The molecule has 2 aliphatic rings. The topological polar surface area (TPSA) is 71.0 Å². The summed E-state index contributed by atoms with van der Waals surface area (Å²) in [6.07, 6.45) is 0.555. The molecule has 0 radical (unpaired) electrons. The molecule has 2 amide bonds. The first-order valence-electron chi connectivity index (χ1n) is 7.42. The largest absolute Gasteiger partial charge is 0.379 e. The van der Waals surface area contributed by atoms with Gasteiger partial charge in [-0.3, -0.25) is 14.5 Å². The molecule has 6 nitrogen and oxygen atoms in total. The third kappa shape index (κ3) is 5.09. The molecule has 0 spiro atoms. The van der Waals surface area contributed by atoms with E-state index in [1.165, 1.54) is 11.8 Å². The van der Waals surface area contributed by atoms with E-state index < -0.39 is 5.92 Å². The van der Waals surface area contributed by atoms with Crippen molar-refractivity contribution < 1.29 is 14.3 Å². The lowest BCUT2D eigenvalue weighted by atomic mass is 9.95. The van der Waals surface area contributed by atoms with Gasteiger partial charge in [0.15, 0.2) is 5.17 Å². The van der Waals surface area contributed by atoms with Crippen LogP contribution in [0.4, 0.5) is 0 Å². The van der Waals surface area contributed by atoms with Crippen molar-refractivity contribution >= 4 is 28.7 Å². The van der Waals surface area contributed by atoms with Crippen molar-refractivity contribution in [2.24, 2.45) is 16.8 Å². The molecule has 0 aromatic heterocycles. The number of hydrogen-bond donors (Lipinski definition) is 1. The maximum atomic E-state index is 12.0. The van der Waals surface area contributed by atoms with Crippen LogP contribution < -0.4 is 5.32 Å². The van der Waals surface area contributed by atoms with Crippen molar-refractivity contribution in [3.63, 3.8) is 0 Å². The zero-order valence-corrected chi connectivity index (χ0v) is 13.4. The SMILES string of the molecule is CC(C)CC1C(=O)N=C(SCCN2CCOCC2)NC1=O. The summed E-state index contributed by atoms with van der Waals surface area (Å²) in [5, 5.41) is 3.19. The number of morpholine rings is 1. The molecular weight excluding hydrogens is 290 g/mol. The number of thioether (sulfide) groups is 1. The Balaban J connectivity index is 1.78. The van der Waals surface area contributed by atoms with Crippen molar-refractivity contribution in [2.75, 3.05) is 38.6 Å². The van der Waals surface area contributed by atoms with Crippen LogP contribution in [0.25, 0.3) is 0 Å². The summed E-state index contributed by atoms with van der Waals surface area (Å²) in [7, 11) is 0.